The van der Waals surface area contributed by atoms with Gasteiger partial charge in [0.25, 0.3) is 0 Å². The van der Waals surface area contributed by atoms with Gasteiger partial charge >= 0.3 is 5.97 Å². The molecule has 0 aromatic heterocycles. The Hall–Kier alpha value is -1.40. The Morgan fingerprint density at radius 3 is 2.24 bits per heavy atom. The second-order valence-corrected chi connectivity index (χ2v) is 5.81. The lowest BCUT2D eigenvalue weighted by Crippen LogP contribution is -2.38. The molecule has 0 aliphatic rings. The van der Waals surface area contributed by atoms with Crippen LogP contribution in [0, 0.1) is 0 Å². The standard InChI is InChI=1S/C11H15NO4S/c1-8(10-6-4-3-5-7-10)12-17(15,16)9(2)11(13)14/h3-9,12H,1-2H3,(H,13,14)/t8-,9?/m1/s1. The number of carboxylic acid groups (broad SMARTS) is 1. The van der Waals surface area contributed by atoms with E-state index in [9.17, 15) is 13.2 Å². The first-order valence-corrected chi connectivity index (χ1v) is 6.68. The summed E-state index contributed by atoms with van der Waals surface area (Å²) in [5, 5.41) is 7.22. The normalized spacial score (nSPS) is 15.2. The lowest BCUT2D eigenvalue weighted by Gasteiger charge is -2.16. The van der Waals surface area contributed by atoms with E-state index in [1.54, 1.807) is 31.2 Å². The zero-order chi connectivity index (χ0) is 13.1. The van der Waals surface area contributed by atoms with Gasteiger partial charge in [-0.05, 0) is 19.4 Å². The highest BCUT2D eigenvalue weighted by atomic mass is 32.2. The van der Waals surface area contributed by atoms with Gasteiger partial charge < -0.3 is 5.11 Å². The largest absolute Gasteiger partial charge is 0.480 e. The second-order valence-electron chi connectivity index (χ2n) is 3.78. The Kier molecular flexibility index (Phi) is 4.25. The van der Waals surface area contributed by atoms with Gasteiger partial charge in [0.2, 0.25) is 10.0 Å². The topological polar surface area (TPSA) is 83.5 Å². The molecule has 2 N–H and O–H groups in total. The van der Waals surface area contributed by atoms with E-state index in [4.69, 9.17) is 5.11 Å². The van der Waals surface area contributed by atoms with Crippen LogP contribution >= 0.6 is 0 Å². The van der Waals surface area contributed by atoms with E-state index in [0.29, 0.717) is 0 Å². The quantitative estimate of drug-likeness (QED) is 0.828. The lowest BCUT2D eigenvalue weighted by atomic mass is 10.1. The van der Waals surface area contributed by atoms with Crippen LogP contribution in [0.1, 0.15) is 25.5 Å². The van der Waals surface area contributed by atoms with E-state index >= 15 is 0 Å². The third kappa shape index (κ3) is 3.54. The molecule has 0 bridgehead atoms. The number of hydrogen-bond acceptors (Lipinski definition) is 3. The molecule has 0 aliphatic heterocycles. The smallest absolute Gasteiger partial charge is 0.323 e. The fourth-order valence-corrected chi connectivity index (χ4v) is 2.39. The summed E-state index contributed by atoms with van der Waals surface area (Å²) >= 11 is 0. The minimum atomic E-state index is -3.86. The van der Waals surface area contributed by atoms with Crippen LogP contribution in [0.2, 0.25) is 0 Å². The molecule has 1 unspecified atom stereocenters. The maximum absolute atomic E-state index is 11.7. The summed E-state index contributed by atoms with van der Waals surface area (Å²) in [6.45, 7) is 2.81. The monoisotopic (exact) mass is 257 g/mol. The summed E-state index contributed by atoms with van der Waals surface area (Å²) in [4.78, 5) is 10.6. The SMILES string of the molecule is CC(C(=O)O)S(=O)(=O)N[C@H](C)c1ccccc1. The van der Waals surface area contributed by atoms with Crippen LogP contribution in [0.25, 0.3) is 0 Å². The van der Waals surface area contributed by atoms with E-state index < -0.39 is 27.3 Å². The third-order valence-electron chi connectivity index (χ3n) is 2.45. The minimum Gasteiger partial charge on any atom is -0.480 e. The van der Waals surface area contributed by atoms with E-state index in [1.165, 1.54) is 0 Å². The number of aliphatic carboxylic acids is 1. The first kappa shape index (κ1) is 13.7. The van der Waals surface area contributed by atoms with Crippen molar-refractivity contribution < 1.29 is 18.3 Å². The zero-order valence-corrected chi connectivity index (χ0v) is 10.4. The van der Waals surface area contributed by atoms with Crippen molar-refractivity contribution in [3.05, 3.63) is 35.9 Å². The molecule has 94 valence electrons. The van der Waals surface area contributed by atoms with Crippen LogP contribution in [0.15, 0.2) is 30.3 Å². The molecule has 0 amide bonds. The maximum Gasteiger partial charge on any atom is 0.323 e. The molecule has 0 radical (unpaired) electrons. The van der Waals surface area contributed by atoms with Crippen LogP contribution < -0.4 is 4.72 Å². The predicted octanol–water partition coefficient (Wildman–Crippen LogP) is 1.14. The molecule has 1 aromatic carbocycles. The van der Waals surface area contributed by atoms with Crippen molar-refractivity contribution in [2.45, 2.75) is 25.1 Å². The fraction of sp³-hybridized carbons (Fsp3) is 0.364. The minimum absolute atomic E-state index is 0.456. The van der Waals surface area contributed by atoms with Gasteiger partial charge in [-0.25, -0.2) is 13.1 Å². The average molecular weight is 257 g/mol. The van der Waals surface area contributed by atoms with Crippen LogP contribution in [-0.4, -0.2) is 24.7 Å². The second kappa shape index (κ2) is 5.29. The molecule has 0 spiro atoms. The maximum atomic E-state index is 11.7. The molecule has 5 nitrogen and oxygen atoms in total. The molecule has 0 fully saturated rings. The first-order chi connectivity index (χ1) is 7.84. The molecule has 17 heavy (non-hydrogen) atoms. The molecular formula is C11H15NO4S. The Morgan fingerprint density at radius 1 is 1.24 bits per heavy atom. The molecule has 2 atom stereocenters. The predicted molar refractivity (Wildman–Crippen MR) is 64.0 cm³/mol. The van der Waals surface area contributed by atoms with E-state index in [-0.39, 0.29) is 0 Å². The molecule has 1 aromatic rings. The molecule has 0 saturated carbocycles. The van der Waals surface area contributed by atoms with Crippen LogP contribution in [0.3, 0.4) is 0 Å². The molecule has 0 heterocycles. The zero-order valence-electron chi connectivity index (χ0n) is 9.62. The van der Waals surface area contributed by atoms with Gasteiger partial charge in [-0.15, -0.1) is 0 Å². The number of carboxylic acids is 1. The number of hydrogen-bond donors (Lipinski definition) is 2. The Bertz CT molecular complexity index is 483. The van der Waals surface area contributed by atoms with Crippen molar-refractivity contribution in [1.82, 2.24) is 4.72 Å². The van der Waals surface area contributed by atoms with Gasteiger partial charge in [0, 0.05) is 6.04 Å². The molecule has 1 rings (SSSR count). The van der Waals surface area contributed by atoms with E-state index in [1.807, 2.05) is 6.07 Å². The van der Waals surface area contributed by atoms with Crippen molar-refractivity contribution in [3.63, 3.8) is 0 Å². The van der Waals surface area contributed by atoms with E-state index in [0.717, 1.165) is 12.5 Å². The number of sulfonamides is 1. The third-order valence-corrected chi connectivity index (χ3v) is 4.27. The highest BCUT2D eigenvalue weighted by Crippen LogP contribution is 2.14. The number of nitrogens with one attached hydrogen (secondary N) is 1. The van der Waals surface area contributed by atoms with Crippen molar-refractivity contribution in [2.75, 3.05) is 0 Å². The Morgan fingerprint density at radius 2 is 1.76 bits per heavy atom. The fourth-order valence-electron chi connectivity index (χ4n) is 1.29. The van der Waals surface area contributed by atoms with Gasteiger partial charge in [0.1, 0.15) is 0 Å². The summed E-state index contributed by atoms with van der Waals surface area (Å²) in [7, 11) is -3.86. The van der Waals surface area contributed by atoms with Gasteiger partial charge in [-0.2, -0.15) is 0 Å². The van der Waals surface area contributed by atoms with Gasteiger partial charge in [0.15, 0.2) is 5.25 Å². The lowest BCUT2D eigenvalue weighted by molar-refractivity contribution is -0.136. The van der Waals surface area contributed by atoms with E-state index in [2.05, 4.69) is 4.72 Å². The first-order valence-electron chi connectivity index (χ1n) is 5.13. The summed E-state index contributed by atoms with van der Waals surface area (Å²) in [5.41, 5.74) is 0.786. The van der Waals surface area contributed by atoms with Crippen molar-refractivity contribution in [2.24, 2.45) is 0 Å². The molecular weight excluding hydrogens is 242 g/mol. The van der Waals surface area contributed by atoms with Crippen LogP contribution in [0.4, 0.5) is 0 Å². The van der Waals surface area contributed by atoms with Gasteiger partial charge in [-0.1, -0.05) is 30.3 Å². The van der Waals surface area contributed by atoms with Crippen LogP contribution in [-0.2, 0) is 14.8 Å². The molecule has 6 heteroatoms. The summed E-state index contributed by atoms with van der Waals surface area (Å²) < 4.78 is 25.7. The number of rotatable bonds is 5. The van der Waals surface area contributed by atoms with Crippen molar-refractivity contribution >= 4 is 16.0 Å². The van der Waals surface area contributed by atoms with Gasteiger partial charge in [-0.3, -0.25) is 4.79 Å². The average Bonchev–Trinajstić information content (AvgIpc) is 2.28. The number of benzene rings is 1. The number of carbonyl (C=O) groups is 1. The molecule has 0 aliphatic carbocycles. The highest BCUT2D eigenvalue weighted by Gasteiger charge is 2.28. The van der Waals surface area contributed by atoms with Crippen LogP contribution in [0.5, 0.6) is 0 Å². The van der Waals surface area contributed by atoms with Gasteiger partial charge in [0.05, 0.1) is 0 Å². The van der Waals surface area contributed by atoms with Crippen molar-refractivity contribution in [1.29, 1.82) is 0 Å². The summed E-state index contributed by atoms with van der Waals surface area (Å²) in [6, 6.07) is 8.51. The Labute approximate surface area is 101 Å². The summed E-state index contributed by atoms with van der Waals surface area (Å²) in [6.07, 6.45) is 0. The molecule has 0 saturated heterocycles. The Balaban J connectivity index is 2.82. The summed E-state index contributed by atoms with van der Waals surface area (Å²) in [5.74, 6) is -1.36. The highest BCUT2D eigenvalue weighted by molar-refractivity contribution is 7.90. The van der Waals surface area contributed by atoms with Crippen molar-refractivity contribution in [3.8, 4) is 0 Å².